The highest BCUT2D eigenvalue weighted by atomic mass is 16.3. The second-order valence-electron chi connectivity index (χ2n) is 5.56. The monoisotopic (exact) mass is 254 g/mol. The molecule has 0 aromatic heterocycles. The van der Waals surface area contributed by atoms with E-state index < -0.39 is 5.60 Å². The first kappa shape index (κ1) is 13.3. The van der Waals surface area contributed by atoms with Gasteiger partial charge in [0.05, 0.1) is 11.5 Å². The summed E-state index contributed by atoms with van der Waals surface area (Å²) < 4.78 is 0. The summed E-state index contributed by atoms with van der Waals surface area (Å²) in [7, 11) is 0. The van der Waals surface area contributed by atoms with Crippen LogP contribution in [0.4, 0.5) is 0 Å². The zero-order chi connectivity index (χ0) is 13.0. The fourth-order valence-electron chi connectivity index (χ4n) is 2.75. The number of rotatable bonds is 3. The van der Waals surface area contributed by atoms with Gasteiger partial charge in [-0.25, -0.2) is 0 Å². The Hall–Kier alpha value is -1.10. The number of hydrogen-bond acceptors (Lipinski definition) is 3. The van der Waals surface area contributed by atoms with Crippen LogP contribution in [-0.4, -0.2) is 35.6 Å². The molecule has 1 atom stereocenters. The van der Waals surface area contributed by atoms with E-state index >= 15 is 0 Å². The van der Waals surface area contributed by atoms with Crippen LogP contribution >= 0.6 is 0 Å². The van der Waals surface area contributed by atoms with Crippen LogP contribution < -0.4 is 10.6 Å². The van der Waals surface area contributed by atoms with Crippen LogP contribution in [0.15, 0.2) is 0 Å². The minimum Gasteiger partial charge on any atom is -0.388 e. The van der Waals surface area contributed by atoms with E-state index in [4.69, 9.17) is 0 Å². The van der Waals surface area contributed by atoms with Crippen LogP contribution in [0, 0.1) is 5.92 Å². The number of amides is 2. The predicted octanol–water partition coefficient (Wildman–Crippen LogP) is 0.324. The van der Waals surface area contributed by atoms with E-state index in [0.717, 1.165) is 38.5 Å². The van der Waals surface area contributed by atoms with Gasteiger partial charge in [0.2, 0.25) is 11.8 Å². The van der Waals surface area contributed by atoms with Crippen LogP contribution in [0.1, 0.15) is 44.9 Å². The Bertz CT molecular complexity index is 322. The molecule has 1 aliphatic heterocycles. The SMILES string of the molecule is O=C1CC(C(=O)NCC2(O)CCCCCC2)CN1. The van der Waals surface area contributed by atoms with Crippen molar-refractivity contribution in [1.82, 2.24) is 10.6 Å². The molecule has 3 N–H and O–H groups in total. The zero-order valence-electron chi connectivity index (χ0n) is 10.7. The Balaban J connectivity index is 1.79. The molecule has 5 heteroatoms. The third-order valence-corrected chi connectivity index (χ3v) is 3.97. The number of carbonyl (C=O) groups is 2. The van der Waals surface area contributed by atoms with E-state index in [1.165, 1.54) is 0 Å². The van der Waals surface area contributed by atoms with Crippen molar-refractivity contribution < 1.29 is 14.7 Å². The van der Waals surface area contributed by atoms with Crippen molar-refractivity contribution in [1.29, 1.82) is 0 Å². The van der Waals surface area contributed by atoms with Gasteiger partial charge in [-0.2, -0.15) is 0 Å². The van der Waals surface area contributed by atoms with Gasteiger partial charge in [0.15, 0.2) is 0 Å². The maximum absolute atomic E-state index is 11.8. The van der Waals surface area contributed by atoms with Crippen LogP contribution in [0.3, 0.4) is 0 Å². The first-order chi connectivity index (χ1) is 8.59. The summed E-state index contributed by atoms with van der Waals surface area (Å²) in [6.07, 6.45) is 6.16. The molecule has 1 aliphatic carbocycles. The highest BCUT2D eigenvalue weighted by Gasteiger charge is 2.32. The molecule has 18 heavy (non-hydrogen) atoms. The van der Waals surface area contributed by atoms with Crippen molar-refractivity contribution in [3.05, 3.63) is 0 Å². The van der Waals surface area contributed by atoms with Gasteiger partial charge in [0.1, 0.15) is 0 Å². The van der Waals surface area contributed by atoms with Crippen LogP contribution in [0.5, 0.6) is 0 Å². The quantitative estimate of drug-likeness (QED) is 0.635. The van der Waals surface area contributed by atoms with E-state index in [1.54, 1.807) is 0 Å². The lowest BCUT2D eigenvalue weighted by atomic mass is 9.94. The Morgan fingerprint density at radius 2 is 2.00 bits per heavy atom. The average Bonchev–Trinajstić information content (AvgIpc) is 2.66. The van der Waals surface area contributed by atoms with Gasteiger partial charge >= 0.3 is 0 Å². The molecule has 102 valence electrons. The van der Waals surface area contributed by atoms with Gasteiger partial charge in [-0.1, -0.05) is 25.7 Å². The third kappa shape index (κ3) is 3.45. The molecule has 2 amide bonds. The third-order valence-electron chi connectivity index (χ3n) is 3.97. The highest BCUT2D eigenvalue weighted by Crippen LogP contribution is 2.26. The molecule has 0 aromatic carbocycles. The van der Waals surface area contributed by atoms with Crippen LogP contribution in [-0.2, 0) is 9.59 Å². The molecular formula is C13H22N2O3. The summed E-state index contributed by atoms with van der Waals surface area (Å²) in [6, 6.07) is 0. The average molecular weight is 254 g/mol. The van der Waals surface area contributed by atoms with Crippen molar-refractivity contribution in [2.24, 2.45) is 5.92 Å². The first-order valence-corrected chi connectivity index (χ1v) is 6.86. The topological polar surface area (TPSA) is 78.4 Å². The summed E-state index contributed by atoms with van der Waals surface area (Å²) in [4.78, 5) is 22.9. The summed E-state index contributed by atoms with van der Waals surface area (Å²) in [5.74, 6) is -0.457. The fraction of sp³-hybridized carbons (Fsp3) is 0.846. The Morgan fingerprint density at radius 3 is 2.56 bits per heavy atom. The van der Waals surface area contributed by atoms with Crippen molar-refractivity contribution in [2.75, 3.05) is 13.1 Å². The molecule has 2 aliphatic rings. The van der Waals surface area contributed by atoms with E-state index in [2.05, 4.69) is 10.6 Å². The van der Waals surface area contributed by atoms with Crippen molar-refractivity contribution in [3.8, 4) is 0 Å². The molecule has 0 radical (unpaired) electrons. The fourth-order valence-corrected chi connectivity index (χ4v) is 2.75. The minimum atomic E-state index is -0.748. The number of hydrogen-bond donors (Lipinski definition) is 3. The van der Waals surface area contributed by atoms with Crippen molar-refractivity contribution in [3.63, 3.8) is 0 Å². The lowest BCUT2D eigenvalue weighted by molar-refractivity contribution is -0.127. The lowest BCUT2D eigenvalue weighted by Gasteiger charge is -2.27. The van der Waals surface area contributed by atoms with Gasteiger partial charge in [-0.15, -0.1) is 0 Å². The minimum absolute atomic E-state index is 0.0664. The Morgan fingerprint density at radius 1 is 1.33 bits per heavy atom. The van der Waals surface area contributed by atoms with Crippen LogP contribution in [0.2, 0.25) is 0 Å². The molecule has 0 aromatic rings. The molecule has 1 saturated heterocycles. The molecule has 2 fully saturated rings. The summed E-state index contributed by atoms with van der Waals surface area (Å²) in [5.41, 5.74) is -0.748. The maximum Gasteiger partial charge on any atom is 0.225 e. The summed E-state index contributed by atoms with van der Waals surface area (Å²) >= 11 is 0. The molecule has 1 heterocycles. The first-order valence-electron chi connectivity index (χ1n) is 6.86. The number of aliphatic hydroxyl groups is 1. The molecule has 0 bridgehead atoms. The summed E-state index contributed by atoms with van der Waals surface area (Å²) in [5, 5.41) is 15.8. The maximum atomic E-state index is 11.8. The van der Waals surface area contributed by atoms with E-state index in [-0.39, 0.29) is 24.2 Å². The normalized spacial score (nSPS) is 27.4. The smallest absolute Gasteiger partial charge is 0.225 e. The van der Waals surface area contributed by atoms with E-state index in [9.17, 15) is 14.7 Å². The predicted molar refractivity (Wildman–Crippen MR) is 66.8 cm³/mol. The number of carbonyl (C=O) groups excluding carboxylic acids is 2. The largest absolute Gasteiger partial charge is 0.388 e. The molecule has 5 nitrogen and oxygen atoms in total. The zero-order valence-corrected chi connectivity index (χ0v) is 10.7. The van der Waals surface area contributed by atoms with Crippen molar-refractivity contribution in [2.45, 2.75) is 50.5 Å². The van der Waals surface area contributed by atoms with Crippen molar-refractivity contribution >= 4 is 11.8 Å². The molecule has 1 saturated carbocycles. The van der Waals surface area contributed by atoms with Crippen LogP contribution in [0.25, 0.3) is 0 Å². The second-order valence-corrected chi connectivity index (χ2v) is 5.56. The van der Waals surface area contributed by atoms with E-state index in [1.807, 2.05) is 0 Å². The molecule has 1 unspecified atom stereocenters. The van der Waals surface area contributed by atoms with Gasteiger partial charge in [-0.3, -0.25) is 9.59 Å². The lowest BCUT2D eigenvalue weighted by Crippen LogP contribution is -2.44. The summed E-state index contributed by atoms with van der Waals surface area (Å²) in [6.45, 7) is 0.736. The van der Waals surface area contributed by atoms with Gasteiger partial charge < -0.3 is 15.7 Å². The molecular weight excluding hydrogens is 232 g/mol. The Kier molecular flexibility index (Phi) is 4.22. The highest BCUT2D eigenvalue weighted by molar-refractivity contribution is 5.89. The Labute approximate surface area is 107 Å². The standard InChI is InChI=1S/C13H22N2O3/c16-11-7-10(8-14-11)12(17)15-9-13(18)5-3-1-2-4-6-13/h10,18H,1-9H2,(H,14,16)(H,15,17). The second kappa shape index (κ2) is 5.69. The molecule has 0 spiro atoms. The number of nitrogens with one attached hydrogen (secondary N) is 2. The molecule has 2 rings (SSSR count). The van der Waals surface area contributed by atoms with E-state index in [0.29, 0.717) is 13.1 Å². The van der Waals surface area contributed by atoms with Gasteiger partial charge in [-0.05, 0) is 12.8 Å². The van der Waals surface area contributed by atoms with Gasteiger partial charge in [0, 0.05) is 19.5 Å². The van der Waals surface area contributed by atoms with Gasteiger partial charge in [0.25, 0.3) is 0 Å².